The molecule has 2 aromatic rings. The van der Waals surface area contributed by atoms with Gasteiger partial charge in [-0.25, -0.2) is 4.98 Å². The van der Waals surface area contributed by atoms with Crippen molar-refractivity contribution in [3.63, 3.8) is 0 Å². The van der Waals surface area contributed by atoms with Crippen molar-refractivity contribution in [2.45, 2.75) is 26.7 Å². The first kappa shape index (κ1) is 20.4. The van der Waals surface area contributed by atoms with Crippen LogP contribution in [-0.4, -0.2) is 43.2 Å². The van der Waals surface area contributed by atoms with E-state index in [4.69, 9.17) is 9.47 Å². The van der Waals surface area contributed by atoms with Crippen LogP contribution >= 0.6 is 0 Å². The zero-order valence-electron chi connectivity index (χ0n) is 16.8. The maximum atomic E-state index is 12.1. The van der Waals surface area contributed by atoms with Crippen LogP contribution in [0.1, 0.15) is 25.3 Å². The number of amides is 1. The summed E-state index contributed by atoms with van der Waals surface area (Å²) in [6, 6.07) is 9.38. The Morgan fingerprint density at radius 3 is 2.72 bits per heavy atom. The number of aromatic nitrogens is 1. The van der Waals surface area contributed by atoms with Crippen molar-refractivity contribution < 1.29 is 14.3 Å². The van der Waals surface area contributed by atoms with Crippen LogP contribution in [0.4, 0.5) is 11.5 Å². The van der Waals surface area contributed by atoms with Gasteiger partial charge in [-0.3, -0.25) is 9.79 Å². The Kier molecular flexibility index (Phi) is 7.27. The van der Waals surface area contributed by atoms with Gasteiger partial charge in [0, 0.05) is 37.3 Å². The van der Waals surface area contributed by atoms with Gasteiger partial charge in [-0.15, -0.1) is 0 Å². The van der Waals surface area contributed by atoms with Gasteiger partial charge >= 0.3 is 0 Å². The monoisotopic (exact) mass is 397 g/mol. The summed E-state index contributed by atoms with van der Waals surface area (Å²) in [5.41, 5.74) is 1.88. The molecule has 8 heteroatoms. The summed E-state index contributed by atoms with van der Waals surface area (Å²) in [5.74, 6) is 2.48. The van der Waals surface area contributed by atoms with E-state index in [2.05, 4.69) is 25.9 Å². The summed E-state index contributed by atoms with van der Waals surface area (Å²) in [5, 5.41) is 9.19. The number of hydrogen-bond acceptors (Lipinski definition) is 5. The molecule has 8 nitrogen and oxygen atoms in total. The zero-order valence-corrected chi connectivity index (χ0v) is 16.8. The van der Waals surface area contributed by atoms with Crippen molar-refractivity contribution >= 4 is 23.4 Å². The van der Waals surface area contributed by atoms with E-state index in [-0.39, 0.29) is 12.3 Å². The van der Waals surface area contributed by atoms with Crippen molar-refractivity contribution in [2.24, 2.45) is 4.99 Å². The number of aliphatic imine (C=N–C) groups is 1. The van der Waals surface area contributed by atoms with Gasteiger partial charge in [0.25, 0.3) is 0 Å². The molecule has 2 heterocycles. The molecule has 0 aliphatic carbocycles. The number of aryl methyl sites for hydroxylation is 1. The number of fused-ring (bicyclic) bond motifs is 1. The molecule has 0 atom stereocenters. The number of hydrogen-bond donors (Lipinski definition) is 3. The summed E-state index contributed by atoms with van der Waals surface area (Å²) in [7, 11) is 0. The standard InChI is InChI=1S/C21H27N5O3/c1-3-22-21(23-10-9-20(27)26-19-8-5-15(2)14-24-19)25-16-6-7-17-18(13-16)29-12-4-11-28-17/h5-8,13-14H,3-4,9-12H2,1-2H3,(H2,22,23,25)(H,24,26,27). The number of ether oxygens (including phenoxy) is 2. The lowest BCUT2D eigenvalue weighted by Crippen LogP contribution is -2.31. The SMILES string of the molecule is CCNC(=NCCC(=O)Nc1ccc(C)cn1)Nc1ccc2c(c1)OCCCO2. The molecule has 29 heavy (non-hydrogen) atoms. The lowest BCUT2D eigenvalue weighted by atomic mass is 10.2. The van der Waals surface area contributed by atoms with E-state index in [0.29, 0.717) is 43.8 Å². The Labute approximate surface area is 170 Å². The number of benzene rings is 1. The third-order valence-corrected chi connectivity index (χ3v) is 4.14. The number of guanidine groups is 1. The van der Waals surface area contributed by atoms with Gasteiger partial charge in [-0.1, -0.05) is 6.07 Å². The Morgan fingerprint density at radius 1 is 1.14 bits per heavy atom. The third-order valence-electron chi connectivity index (χ3n) is 4.14. The lowest BCUT2D eigenvalue weighted by molar-refractivity contribution is -0.116. The highest BCUT2D eigenvalue weighted by atomic mass is 16.5. The Hall–Kier alpha value is -3.29. The number of rotatable bonds is 6. The normalized spacial score (nSPS) is 13.4. The molecule has 0 bridgehead atoms. The van der Waals surface area contributed by atoms with Crippen molar-refractivity contribution in [1.82, 2.24) is 10.3 Å². The van der Waals surface area contributed by atoms with Crippen LogP contribution in [0.25, 0.3) is 0 Å². The van der Waals surface area contributed by atoms with Crippen molar-refractivity contribution in [3.05, 3.63) is 42.1 Å². The second-order valence-corrected chi connectivity index (χ2v) is 6.62. The molecule has 154 valence electrons. The van der Waals surface area contributed by atoms with Gasteiger partial charge < -0.3 is 25.4 Å². The number of nitrogens with zero attached hydrogens (tertiary/aromatic N) is 2. The van der Waals surface area contributed by atoms with Crippen LogP contribution in [0.5, 0.6) is 11.5 Å². The van der Waals surface area contributed by atoms with E-state index in [1.807, 2.05) is 38.1 Å². The summed E-state index contributed by atoms with van der Waals surface area (Å²) in [4.78, 5) is 20.7. The van der Waals surface area contributed by atoms with E-state index in [9.17, 15) is 4.79 Å². The van der Waals surface area contributed by atoms with Crippen molar-refractivity contribution in [2.75, 3.05) is 36.9 Å². The Balaban J connectivity index is 1.56. The van der Waals surface area contributed by atoms with E-state index in [0.717, 1.165) is 23.4 Å². The molecular formula is C21H27N5O3. The third kappa shape index (κ3) is 6.38. The average Bonchev–Trinajstić information content (AvgIpc) is 2.95. The van der Waals surface area contributed by atoms with Crippen LogP contribution in [0.2, 0.25) is 0 Å². The molecule has 0 unspecified atom stereocenters. The van der Waals surface area contributed by atoms with Gasteiger partial charge in [0.05, 0.1) is 19.8 Å². The van der Waals surface area contributed by atoms with Crippen LogP contribution < -0.4 is 25.4 Å². The predicted molar refractivity (Wildman–Crippen MR) is 114 cm³/mol. The zero-order chi connectivity index (χ0) is 20.5. The quantitative estimate of drug-likeness (QED) is 0.512. The summed E-state index contributed by atoms with van der Waals surface area (Å²) in [6.07, 6.45) is 2.84. The smallest absolute Gasteiger partial charge is 0.227 e. The second kappa shape index (κ2) is 10.3. The fourth-order valence-corrected chi connectivity index (χ4v) is 2.70. The second-order valence-electron chi connectivity index (χ2n) is 6.62. The van der Waals surface area contributed by atoms with Gasteiger partial charge in [-0.2, -0.15) is 0 Å². The van der Waals surface area contributed by atoms with Gasteiger partial charge in [0.15, 0.2) is 17.5 Å². The van der Waals surface area contributed by atoms with E-state index in [1.165, 1.54) is 0 Å². The van der Waals surface area contributed by atoms with Crippen LogP contribution in [-0.2, 0) is 4.79 Å². The summed E-state index contributed by atoms with van der Waals surface area (Å²) in [6.45, 7) is 6.28. The molecule has 0 saturated carbocycles. The van der Waals surface area contributed by atoms with Gasteiger partial charge in [-0.05, 0) is 37.6 Å². The number of pyridine rings is 1. The maximum Gasteiger partial charge on any atom is 0.227 e. The largest absolute Gasteiger partial charge is 0.490 e. The first-order valence-corrected chi connectivity index (χ1v) is 9.81. The topological polar surface area (TPSA) is 96.9 Å². The summed E-state index contributed by atoms with van der Waals surface area (Å²) < 4.78 is 11.4. The molecular weight excluding hydrogens is 370 g/mol. The van der Waals surface area contributed by atoms with Crippen LogP contribution in [0.15, 0.2) is 41.5 Å². The number of carbonyl (C=O) groups excluding carboxylic acids is 1. The highest BCUT2D eigenvalue weighted by Crippen LogP contribution is 2.32. The molecule has 0 saturated heterocycles. The highest BCUT2D eigenvalue weighted by Gasteiger charge is 2.11. The Bertz CT molecular complexity index is 852. The average molecular weight is 397 g/mol. The maximum absolute atomic E-state index is 12.1. The molecule has 0 spiro atoms. The van der Waals surface area contributed by atoms with Crippen molar-refractivity contribution in [3.8, 4) is 11.5 Å². The Morgan fingerprint density at radius 2 is 1.97 bits per heavy atom. The fraction of sp³-hybridized carbons (Fsp3) is 0.381. The summed E-state index contributed by atoms with van der Waals surface area (Å²) >= 11 is 0. The van der Waals surface area contributed by atoms with Gasteiger partial charge in [0.1, 0.15) is 5.82 Å². The predicted octanol–water partition coefficient (Wildman–Crippen LogP) is 2.96. The molecule has 1 aliphatic rings. The molecule has 1 aromatic heterocycles. The number of carbonyl (C=O) groups is 1. The molecule has 1 aliphatic heterocycles. The van der Waals surface area contributed by atoms with Crippen molar-refractivity contribution in [1.29, 1.82) is 0 Å². The van der Waals surface area contributed by atoms with E-state index in [1.54, 1.807) is 12.3 Å². The molecule has 1 aromatic carbocycles. The van der Waals surface area contributed by atoms with Crippen LogP contribution in [0.3, 0.4) is 0 Å². The molecule has 3 N–H and O–H groups in total. The molecule has 0 fully saturated rings. The highest BCUT2D eigenvalue weighted by molar-refractivity contribution is 5.94. The minimum absolute atomic E-state index is 0.128. The molecule has 3 rings (SSSR count). The first-order valence-electron chi connectivity index (χ1n) is 9.81. The fourth-order valence-electron chi connectivity index (χ4n) is 2.70. The van der Waals surface area contributed by atoms with E-state index < -0.39 is 0 Å². The molecule has 1 amide bonds. The number of nitrogens with one attached hydrogen (secondary N) is 3. The molecule has 0 radical (unpaired) electrons. The lowest BCUT2D eigenvalue weighted by Gasteiger charge is -2.13. The van der Waals surface area contributed by atoms with E-state index >= 15 is 0 Å². The minimum Gasteiger partial charge on any atom is -0.490 e. The van der Waals surface area contributed by atoms with Gasteiger partial charge in [0.2, 0.25) is 5.91 Å². The van der Waals surface area contributed by atoms with Crippen LogP contribution in [0, 0.1) is 6.92 Å². The number of anilines is 2. The first-order chi connectivity index (χ1) is 14.1. The minimum atomic E-state index is -0.128.